The molecule has 5 nitrogen and oxygen atoms in total. The van der Waals surface area contributed by atoms with Gasteiger partial charge in [0.25, 0.3) is 5.22 Å². The molecule has 0 atom stereocenters. The molecule has 0 radical (unpaired) electrons. The minimum absolute atomic E-state index is 0.154. The number of nitrogens with zero attached hydrogens (tertiary/aromatic N) is 2. The van der Waals surface area contributed by atoms with Gasteiger partial charge in [-0.3, -0.25) is 4.79 Å². The molecule has 3 rings (SSSR count). The molecule has 1 heterocycles. The quantitative estimate of drug-likeness (QED) is 0.654. The minimum atomic E-state index is -0.154. The van der Waals surface area contributed by atoms with Crippen LogP contribution >= 0.6 is 23.4 Å². The molecule has 1 N–H and O–H groups in total. The Morgan fingerprint density at radius 2 is 1.80 bits per heavy atom. The zero-order valence-electron chi connectivity index (χ0n) is 13.7. The first-order valence-electron chi connectivity index (χ1n) is 7.60. The van der Waals surface area contributed by atoms with E-state index in [0.29, 0.717) is 21.8 Å². The first kappa shape index (κ1) is 17.5. The van der Waals surface area contributed by atoms with Crippen molar-refractivity contribution in [1.29, 1.82) is 0 Å². The second-order valence-corrected chi connectivity index (χ2v) is 6.96. The predicted octanol–water partition coefficient (Wildman–Crippen LogP) is 4.74. The fraction of sp³-hybridized carbons (Fsp3) is 0.167. The molecule has 0 spiro atoms. The summed E-state index contributed by atoms with van der Waals surface area (Å²) in [5.41, 5.74) is 3.83. The van der Waals surface area contributed by atoms with Crippen LogP contribution in [0.2, 0.25) is 5.02 Å². The fourth-order valence-electron chi connectivity index (χ4n) is 2.34. The number of amides is 1. The van der Waals surface area contributed by atoms with Gasteiger partial charge in [-0.1, -0.05) is 40.6 Å². The molecule has 1 aromatic heterocycles. The highest BCUT2D eigenvalue weighted by atomic mass is 35.5. The maximum atomic E-state index is 12.0. The van der Waals surface area contributed by atoms with E-state index in [1.54, 1.807) is 24.3 Å². The van der Waals surface area contributed by atoms with E-state index in [1.165, 1.54) is 11.8 Å². The third-order valence-corrected chi connectivity index (χ3v) is 4.40. The van der Waals surface area contributed by atoms with E-state index in [0.717, 1.165) is 16.7 Å². The summed E-state index contributed by atoms with van der Waals surface area (Å²) in [5.74, 6) is 0.475. The number of carbonyl (C=O) groups is 1. The number of hydrogen-bond donors (Lipinski definition) is 1. The number of aryl methyl sites for hydroxylation is 2. The number of nitrogens with one attached hydrogen (secondary N) is 1. The molecule has 0 aliphatic rings. The van der Waals surface area contributed by atoms with Crippen molar-refractivity contribution in [3.05, 3.63) is 58.6 Å². The lowest BCUT2D eigenvalue weighted by Crippen LogP contribution is -2.13. The number of rotatable bonds is 5. The highest BCUT2D eigenvalue weighted by Crippen LogP contribution is 2.25. The third-order valence-electron chi connectivity index (χ3n) is 3.33. The Balaban J connectivity index is 1.59. The summed E-state index contributed by atoms with van der Waals surface area (Å²) in [6, 6.07) is 13.0. The van der Waals surface area contributed by atoms with Gasteiger partial charge in [0.05, 0.1) is 5.75 Å². The summed E-state index contributed by atoms with van der Waals surface area (Å²) >= 11 is 7.01. The van der Waals surface area contributed by atoms with Crippen LogP contribution in [0.25, 0.3) is 11.5 Å². The molecule has 7 heteroatoms. The Kier molecular flexibility index (Phi) is 5.40. The van der Waals surface area contributed by atoms with Crippen molar-refractivity contribution in [3.8, 4) is 11.5 Å². The number of anilines is 1. The lowest BCUT2D eigenvalue weighted by atomic mass is 10.1. The van der Waals surface area contributed by atoms with Gasteiger partial charge in [0.15, 0.2) is 0 Å². The molecule has 0 saturated heterocycles. The molecular weight excluding hydrogens is 358 g/mol. The van der Waals surface area contributed by atoms with Crippen molar-refractivity contribution < 1.29 is 9.21 Å². The topological polar surface area (TPSA) is 68.0 Å². The normalized spacial score (nSPS) is 10.7. The summed E-state index contributed by atoms with van der Waals surface area (Å²) in [6.45, 7) is 4.03. The molecule has 1 amide bonds. The molecule has 2 aromatic carbocycles. The number of hydrogen-bond acceptors (Lipinski definition) is 5. The van der Waals surface area contributed by atoms with Crippen LogP contribution in [0, 0.1) is 13.8 Å². The van der Waals surface area contributed by atoms with Crippen LogP contribution in [0.1, 0.15) is 11.1 Å². The average molecular weight is 374 g/mol. The second kappa shape index (κ2) is 7.72. The largest absolute Gasteiger partial charge is 0.411 e. The number of aromatic nitrogens is 2. The minimum Gasteiger partial charge on any atom is -0.411 e. The van der Waals surface area contributed by atoms with E-state index in [9.17, 15) is 4.79 Å². The highest BCUT2D eigenvalue weighted by Gasteiger charge is 2.12. The third kappa shape index (κ3) is 4.84. The molecule has 25 heavy (non-hydrogen) atoms. The van der Waals surface area contributed by atoms with Crippen LogP contribution in [-0.2, 0) is 4.79 Å². The van der Waals surface area contributed by atoms with E-state index in [-0.39, 0.29) is 11.7 Å². The SMILES string of the molecule is Cc1cc(C)cc(-c2nnc(SCC(=O)Nc3ccc(Cl)cc3)o2)c1. The molecule has 128 valence electrons. The van der Waals surface area contributed by atoms with Crippen LogP contribution in [0.3, 0.4) is 0 Å². The van der Waals surface area contributed by atoms with Gasteiger partial charge in [-0.15, -0.1) is 10.2 Å². The Bertz CT molecular complexity index is 873. The number of carbonyl (C=O) groups excluding carboxylic acids is 1. The Labute approximate surface area is 154 Å². The molecule has 0 fully saturated rings. The molecule has 0 aliphatic carbocycles. The van der Waals surface area contributed by atoms with Crippen LogP contribution in [0.5, 0.6) is 0 Å². The van der Waals surface area contributed by atoms with Crippen molar-refractivity contribution in [2.45, 2.75) is 19.1 Å². The Morgan fingerprint density at radius 3 is 2.48 bits per heavy atom. The molecule has 3 aromatic rings. The van der Waals surface area contributed by atoms with E-state index >= 15 is 0 Å². The second-order valence-electron chi connectivity index (χ2n) is 5.59. The Hall–Kier alpha value is -2.31. The van der Waals surface area contributed by atoms with Gasteiger partial charge in [-0.05, 0) is 50.2 Å². The van der Waals surface area contributed by atoms with Crippen molar-refractivity contribution in [2.75, 3.05) is 11.1 Å². The highest BCUT2D eigenvalue weighted by molar-refractivity contribution is 7.99. The van der Waals surface area contributed by atoms with Crippen molar-refractivity contribution in [3.63, 3.8) is 0 Å². The lowest BCUT2D eigenvalue weighted by molar-refractivity contribution is -0.113. The Morgan fingerprint density at radius 1 is 1.12 bits per heavy atom. The molecular formula is C18H16ClN3O2S. The van der Waals surface area contributed by atoms with Gasteiger partial charge in [0.2, 0.25) is 11.8 Å². The summed E-state index contributed by atoms with van der Waals surface area (Å²) < 4.78 is 5.64. The van der Waals surface area contributed by atoms with Crippen molar-refractivity contribution in [1.82, 2.24) is 10.2 Å². The van der Waals surface area contributed by atoms with E-state index in [1.807, 2.05) is 26.0 Å². The standard InChI is InChI=1S/C18H16ClN3O2S/c1-11-7-12(2)9-13(8-11)17-21-22-18(24-17)25-10-16(23)20-15-5-3-14(19)4-6-15/h3-9H,10H2,1-2H3,(H,20,23). The van der Waals surface area contributed by atoms with Crippen molar-refractivity contribution >= 4 is 35.0 Å². The van der Waals surface area contributed by atoms with E-state index in [4.69, 9.17) is 16.0 Å². The van der Waals surface area contributed by atoms with Gasteiger partial charge in [-0.25, -0.2) is 0 Å². The average Bonchev–Trinajstić information content (AvgIpc) is 3.03. The molecule has 0 saturated carbocycles. The molecule has 0 aliphatic heterocycles. The van der Waals surface area contributed by atoms with Gasteiger partial charge >= 0.3 is 0 Å². The number of halogens is 1. The van der Waals surface area contributed by atoms with E-state index < -0.39 is 0 Å². The fourth-order valence-corrected chi connectivity index (χ4v) is 3.03. The summed E-state index contributed by atoms with van der Waals surface area (Å²) in [7, 11) is 0. The van der Waals surface area contributed by atoms with Crippen LogP contribution in [-0.4, -0.2) is 21.9 Å². The predicted molar refractivity (Wildman–Crippen MR) is 100 cm³/mol. The zero-order chi connectivity index (χ0) is 17.8. The van der Waals surface area contributed by atoms with Gasteiger partial charge in [-0.2, -0.15) is 0 Å². The summed E-state index contributed by atoms with van der Waals surface area (Å²) in [5, 5.41) is 11.8. The zero-order valence-corrected chi connectivity index (χ0v) is 15.3. The number of benzene rings is 2. The number of thioether (sulfide) groups is 1. The van der Waals surface area contributed by atoms with Gasteiger partial charge < -0.3 is 9.73 Å². The maximum Gasteiger partial charge on any atom is 0.277 e. The first-order valence-corrected chi connectivity index (χ1v) is 8.96. The smallest absolute Gasteiger partial charge is 0.277 e. The first-order chi connectivity index (χ1) is 12.0. The molecule has 0 bridgehead atoms. The van der Waals surface area contributed by atoms with Gasteiger partial charge in [0, 0.05) is 16.3 Å². The summed E-state index contributed by atoms with van der Waals surface area (Å²) in [4.78, 5) is 12.0. The molecule has 0 unspecified atom stereocenters. The van der Waals surface area contributed by atoms with E-state index in [2.05, 4.69) is 21.6 Å². The summed E-state index contributed by atoms with van der Waals surface area (Å²) in [6.07, 6.45) is 0. The van der Waals surface area contributed by atoms with Crippen LogP contribution in [0.15, 0.2) is 52.1 Å². The maximum absolute atomic E-state index is 12.0. The van der Waals surface area contributed by atoms with Gasteiger partial charge in [0.1, 0.15) is 0 Å². The lowest BCUT2D eigenvalue weighted by Gasteiger charge is -2.03. The van der Waals surface area contributed by atoms with Crippen LogP contribution in [0.4, 0.5) is 5.69 Å². The monoisotopic (exact) mass is 373 g/mol. The van der Waals surface area contributed by atoms with Crippen LogP contribution < -0.4 is 5.32 Å². The van der Waals surface area contributed by atoms with Crippen molar-refractivity contribution in [2.24, 2.45) is 0 Å².